The van der Waals surface area contributed by atoms with E-state index in [-0.39, 0.29) is 0 Å². The predicted octanol–water partition coefficient (Wildman–Crippen LogP) is 2.89. The maximum Gasteiger partial charge on any atom is 0.203 e. The first-order valence-corrected chi connectivity index (χ1v) is 10.0. The number of hydrogen-bond donors (Lipinski definition) is 2. The molecule has 0 bridgehead atoms. The van der Waals surface area contributed by atoms with Gasteiger partial charge in [0.15, 0.2) is 17.5 Å². The Morgan fingerprint density at radius 1 is 1.07 bits per heavy atom. The summed E-state index contributed by atoms with van der Waals surface area (Å²) in [5.41, 5.74) is 1.02. The maximum absolute atomic E-state index is 5.42. The van der Waals surface area contributed by atoms with Crippen LogP contribution in [0.2, 0.25) is 0 Å². The first kappa shape index (κ1) is 23.9. The standard InChI is InChI=1S/C21H38N4O3/c1-8-25(9-2)12-10-11-16(3)24-21(22-4)23-15-17-13-18(26-5)20(28-7)19(14-17)27-6/h13-14,16H,8-12,15H2,1-7H3,(H2,22,23,24). The molecule has 7 heteroatoms. The van der Waals surface area contributed by atoms with Crippen molar-refractivity contribution >= 4 is 5.96 Å². The number of guanidine groups is 1. The minimum absolute atomic E-state index is 0.349. The van der Waals surface area contributed by atoms with E-state index in [4.69, 9.17) is 14.2 Å². The third-order valence-corrected chi connectivity index (χ3v) is 4.80. The molecule has 1 rings (SSSR count). The van der Waals surface area contributed by atoms with Gasteiger partial charge in [-0.2, -0.15) is 0 Å². The summed E-state index contributed by atoms with van der Waals surface area (Å²) in [5, 5.41) is 6.81. The van der Waals surface area contributed by atoms with E-state index in [1.54, 1.807) is 28.4 Å². The Bertz CT molecular complexity index is 578. The van der Waals surface area contributed by atoms with E-state index >= 15 is 0 Å². The average Bonchev–Trinajstić information content (AvgIpc) is 2.73. The van der Waals surface area contributed by atoms with Crippen molar-refractivity contribution < 1.29 is 14.2 Å². The highest BCUT2D eigenvalue weighted by atomic mass is 16.5. The molecule has 2 N–H and O–H groups in total. The van der Waals surface area contributed by atoms with Crippen molar-refractivity contribution in [1.29, 1.82) is 0 Å². The van der Waals surface area contributed by atoms with E-state index in [9.17, 15) is 0 Å². The van der Waals surface area contributed by atoms with Crippen molar-refractivity contribution in [2.75, 3.05) is 48.0 Å². The average molecular weight is 395 g/mol. The minimum atomic E-state index is 0.349. The monoisotopic (exact) mass is 394 g/mol. The fourth-order valence-electron chi connectivity index (χ4n) is 3.08. The van der Waals surface area contributed by atoms with Gasteiger partial charge in [-0.05, 0) is 57.1 Å². The lowest BCUT2D eigenvalue weighted by Crippen LogP contribution is -2.42. The third-order valence-electron chi connectivity index (χ3n) is 4.80. The van der Waals surface area contributed by atoms with E-state index in [2.05, 4.69) is 41.3 Å². The van der Waals surface area contributed by atoms with Crippen LogP contribution >= 0.6 is 0 Å². The van der Waals surface area contributed by atoms with Gasteiger partial charge >= 0.3 is 0 Å². The van der Waals surface area contributed by atoms with Crippen molar-refractivity contribution in [2.24, 2.45) is 4.99 Å². The van der Waals surface area contributed by atoms with Gasteiger partial charge < -0.3 is 29.7 Å². The summed E-state index contributed by atoms with van der Waals surface area (Å²) >= 11 is 0. The number of benzene rings is 1. The van der Waals surface area contributed by atoms with E-state index < -0.39 is 0 Å². The summed E-state index contributed by atoms with van der Waals surface area (Å²) in [7, 11) is 6.63. The van der Waals surface area contributed by atoms with Crippen LogP contribution in [0.5, 0.6) is 17.2 Å². The summed E-state index contributed by atoms with van der Waals surface area (Å²) in [6, 6.07) is 4.23. The molecule has 160 valence electrons. The van der Waals surface area contributed by atoms with Crippen molar-refractivity contribution in [3.8, 4) is 17.2 Å². The molecule has 1 atom stereocenters. The first-order chi connectivity index (χ1) is 13.5. The number of hydrogen-bond acceptors (Lipinski definition) is 5. The summed E-state index contributed by atoms with van der Waals surface area (Å²) in [6.07, 6.45) is 2.26. The van der Waals surface area contributed by atoms with Crippen molar-refractivity contribution in [3.63, 3.8) is 0 Å². The Morgan fingerprint density at radius 2 is 1.68 bits per heavy atom. The Labute approximate surface area is 170 Å². The molecule has 0 saturated carbocycles. The highest BCUT2D eigenvalue weighted by molar-refractivity contribution is 5.79. The van der Waals surface area contributed by atoms with Crippen LogP contribution in [0, 0.1) is 0 Å². The van der Waals surface area contributed by atoms with E-state index in [1.165, 1.54) is 6.42 Å². The van der Waals surface area contributed by atoms with Crippen molar-refractivity contribution in [1.82, 2.24) is 15.5 Å². The third kappa shape index (κ3) is 7.46. The summed E-state index contributed by atoms with van der Waals surface area (Å²) in [6.45, 7) is 10.6. The van der Waals surface area contributed by atoms with Crippen LogP contribution in [0.4, 0.5) is 0 Å². The Balaban J connectivity index is 2.60. The topological polar surface area (TPSA) is 67.4 Å². The lowest BCUT2D eigenvalue weighted by Gasteiger charge is -2.21. The second-order valence-corrected chi connectivity index (χ2v) is 6.67. The van der Waals surface area contributed by atoms with E-state index in [0.29, 0.717) is 29.8 Å². The van der Waals surface area contributed by atoms with Crippen LogP contribution in [0.3, 0.4) is 0 Å². The summed E-state index contributed by atoms with van der Waals surface area (Å²) in [5.74, 6) is 2.67. The van der Waals surface area contributed by atoms with Crippen LogP contribution < -0.4 is 24.8 Å². The SMILES string of the molecule is CCN(CC)CCCC(C)NC(=NC)NCc1cc(OC)c(OC)c(OC)c1. The van der Waals surface area contributed by atoms with Gasteiger partial charge in [0.1, 0.15) is 0 Å². The predicted molar refractivity (Wildman–Crippen MR) is 116 cm³/mol. The Morgan fingerprint density at radius 3 is 2.14 bits per heavy atom. The maximum atomic E-state index is 5.42. The van der Waals surface area contributed by atoms with E-state index in [0.717, 1.165) is 37.6 Å². The first-order valence-electron chi connectivity index (χ1n) is 10.0. The van der Waals surface area contributed by atoms with Gasteiger partial charge in [0.25, 0.3) is 0 Å². The van der Waals surface area contributed by atoms with Gasteiger partial charge in [-0.3, -0.25) is 4.99 Å². The summed E-state index contributed by atoms with van der Waals surface area (Å²) in [4.78, 5) is 6.78. The largest absolute Gasteiger partial charge is 0.493 e. The molecular formula is C21H38N4O3. The van der Waals surface area contributed by atoms with Gasteiger partial charge in [-0.25, -0.2) is 0 Å². The molecular weight excluding hydrogens is 356 g/mol. The van der Waals surface area contributed by atoms with Gasteiger partial charge in [0.2, 0.25) is 5.75 Å². The highest BCUT2D eigenvalue weighted by Gasteiger charge is 2.13. The number of nitrogens with one attached hydrogen (secondary N) is 2. The van der Waals surface area contributed by atoms with Crippen LogP contribution in [0.15, 0.2) is 17.1 Å². The molecule has 1 aromatic carbocycles. The number of methoxy groups -OCH3 is 3. The second kappa shape index (κ2) is 13.1. The number of nitrogens with zero attached hydrogens (tertiary/aromatic N) is 2. The number of ether oxygens (including phenoxy) is 3. The van der Waals surface area contributed by atoms with E-state index in [1.807, 2.05) is 12.1 Å². The van der Waals surface area contributed by atoms with Crippen LogP contribution in [-0.4, -0.2) is 64.9 Å². The molecule has 0 aliphatic carbocycles. The normalized spacial score (nSPS) is 12.6. The van der Waals surface area contributed by atoms with Gasteiger partial charge in [-0.15, -0.1) is 0 Å². The van der Waals surface area contributed by atoms with Crippen LogP contribution in [0.25, 0.3) is 0 Å². The zero-order chi connectivity index (χ0) is 20.9. The van der Waals surface area contributed by atoms with Crippen LogP contribution in [-0.2, 0) is 6.54 Å². The van der Waals surface area contributed by atoms with Gasteiger partial charge in [0, 0.05) is 19.6 Å². The molecule has 0 aliphatic rings. The molecule has 0 fully saturated rings. The highest BCUT2D eigenvalue weighted by Crippen LogP contribution is 2.38. The number of aliphatic imine (C=N–C) groups is 1. The molecule has 1 unspecified atom stereocenters. The van der Waals surface area contributed by atoms with Gasteiger partial charge in [-0.1, -0.05) is 13.8 Å². The number of rotatable bonds is 12. The quantitative estimate of drug-likeness (QED) is 0.420. The fourth-order valence-corrected chi connectivity index (χ4v) is 3.08. The minimum Gasteiger partial charge on any atom is -0.493 e. The van der Waals surface area contributed by atoms with Crippen molar-refractivity contribution in [2.45, 2.75) is 46.2 Å². The molecule has 0 spiro atoms. The molecule has 28 heavy (non-hydrogen) atoms. The molecule has 0 heterocycles. The molecule has 0 amide bonds. The summed E-state index contributed by atoms with van der Waals surface area (Å²) < 4.78 is 16.2. The molecule has 0 saturated heterocycles. The van der Waals surface area contributed by atoms with Crippen molar-refractivity contribution in [3.05, 3.63) is 17.7 Å². The molecule has 0 radical (unpaired) electrons. The van der Waals surface area contributed by atoms with Gasteiger partial charge in [0.05, 0.1) is 21.3 Å². The lowest BCUT2D eigenvalue weighted by molar-refractivity contribution is 0.292. The molecule has 7 nitrogen and oxygen atoms in total. The fraction of sp³-hybridized carbons (Fsp3) is 0.667. The Kier molecular flexibility index (Phi) is 11.2. The second-order valence-electron chi connectivity index (χ2n) is 6.67. The molecule has 1 aromatic rings. The zero-order valence-corrected chi connectivity index (χ0v) is 18.6. The molecule has 0 aromatic heterocycles. The van der Waals surface area contributed by atoms with Crippen LogP contribution in [0.1, 0.15) is 39.2 Å². The molecule has 0 aliphatic heterocycles. The lowest BCUT2D eigenvalue weighted by atomic mass is 10.1. The Hall–Kier alpha value is -2.15. The smallest absolute Gasteiger partial charge is 0.203 e. The zero-order valence-electron chi connectivity index (χ0n) is 18.6.